The summed E-state index contributed by atoms with van der Waals surface area (Å²) in [5.41, 5.74) is 3.34. The van der Waals surface area contributed by atoms with E-state index in [1.807, 2.05) is 45.7 Å². The molecule has 1 atom stereocenters. The van der Waals surface area contributed by atoms with Crippen molar-refractivity contribution in [1.29, 1.82) is 0 Å². The fraction of sp³-hybridized carbons (Fsp3) is 0.529. The number of nitrogens with one attached hydrogen (secondary N) is 1. The van der Waals surface area contributed by atoms with Crippen LogP contribution in [-0.4, -0.2) is 41.2 Å². The molecule has 2 aromatic heterocycles. The standard InChI is InChI=1S/C17H26N4OS/c1-12-14(13(2)21(5)19-12)8-9-17(22)18-11-15(20(3)4)16-7-6-10-23-16/h6-7,10,15H,8-9,11H2,1-5H3,(H,18,22)/t15-/m1/s1. The summed E-state index contributed by atoms with van der Waals surface area (Å²) in [6.07, 6.45) is 1.24. The molecule has 0 spiro atoms. The molecule has 2 aromatic rings. The minimum absolute atomic E-state index is 0.0936. The first-order valence-electron chi connectivity index (χ1n) is 7.85. The van der Waals surface area contributed by atoms with Crippen LogP contribution in [0, 0.1) is 13.8 Å². The third-order valence-electron chi connectivity index (χ3n) is 4.25. The number of hydrogen-bond donors (Lipinski definition) is 1. The highest BCUT2D eigenvalue weighted by Gasteiger charge is 2.17. The molecule has 0 fully saturated rings. The summed E-state index contributed by atoms with van der Waals surface area (Å²) in [5, 5.41) is 9.54. The second kappa shape index (κ2) is 7.75. The topological polar surface area (TPSA) is 50.2 Å². The maximum absolute atomic E-state index is 12.2. The molecule has 2 rings (SSSR count). The molecule has 1 amide bonds. The summed E-state index contributed by atoms with van der Waals surface area (Å²) < 4.78 is 1.88. The van der Waals surface area contributed by atoms with E-state index in [9.17, 15) is 4.79 Å². The van der Waals surface area contributed by atoms with Crippen LogP contribution in [0.5, 0.6) is 0 Å². The number of thiophene rings is 1. The van der Waals surface area contributed by atoms with Gasteiger partial charge < -0.3 is 10.2 Å². The number of aryl methyl sites for hydroxylation is 2. The van der Waals surface area contributed by atoms with Crippen LogP contribution < -0.4 is 5.32 Å². The minimum atomic E-state index is 0.0936. The van der Waals surface area contributed by atoms with Crippen LogP contribution in [0.3, 0.4) is 0 Å². The highest BCUT2D eigenvalue weighted by Crippen LogP contribution is 2.22. The average molecular weight is 334 g/mol. The zero-order valence-electron chi connectivity index (χ0n) is 14.6. The average Bonchev–Trinajstić information content (AvgIpc) is 3.08. The van der Waals surface area contributed by atoms with Crippen LogP contribution in [0.25, 0.3) is 0 Å². The first-order chi connectivity index (χ1) is 10.9. The van der Waals surface area contributed by atoms with Gasteiger partial charge in [0.2, 0.25) is 5.91 Å². The lowest BCUT2D eigenvalue weighted by Crippen LogP contribution is -2.34. The zero-order chi connectivity index (χ0) is 17.0. The third-order valence-corrected chi connectivity index (χ3v) is 5.22. The van der Waals surface area contributed by atoms with E-state index in [4.69, 9.17) is 0 Å². The molecule has 0 bridgehead atoms. The quantitative estimate of drug-likeness (QED) is 0.846. The van der Waals surface area contributed by atoms with Crippen molar-refractivity contribution in [2.75, 3.05) is 20.6 Å². The van der Waals surface area contributed by atoms with Crippen LogP contribution in [0.15, 0.2) is 17.5 Å². The summed E-state index contributed by atoms with van der Waals surface area (Å²) in [7, 11) is 6.02. The van der Waals surface area contributed by atoms with Gasteiger partial charge in [0.1, 0.15) is 0 Å². The van der Waals surface area contributed by atoms with E-state index in [1.165, 1.54) is 10.4 Å². The Balaban J connectivity index is 1.87. The zero-order valence-corrected chi connectivity index (χ0v) is 15.4. The molecule has 0 aromatic carbocycles. The third kappa shape index (κ3) is 4.42. The summed E-state index contributed by atoms with van der Waals surface area (Å²) in [5.74, 6) is 0.0936. The fourth-order valence-electron chi connectivity index (χ4n) is 2.74. The molecule has 0 aliphatic heterocycles. The van der Waals surface area contributed by atoms with Crippen molar-refractivity contribution in [3.05, 3.63) is 39.3 Å². The van der Waals surface area contributed by atoms with Gasteiger partial charge in [0.25, 0.3) is 0 Å². The van der Waals surface area contributed by atoms with E-state index in [2.05, 4.69) is 26.8 Å². The Labute approximate surface area is 142 Å². The largest absolute Gasteiger partial charge is 0.354 e. The number of carbonyl (C=O) groups excluding carboxylic acids is 1. The molecule has 2 heterocycles. The van der Waals surface area contributed by atoms with Gasteiger partial charge in [-0.15, -0.1) is 11.3 Å². The highest BCUT2D eigenvalue weighted by atomic mass is 32.1. The molecule has 126 valence electrons. The van der Waals surface area contributed by atoms with E-state index in [1.54, 1.807) is 11.3 Å². The maximum atomic E-state index is 12.2. The molecule has 0 saturated carbocycles. The maximum Gasteiger partial charge on any atom is 0.220 e. The second-order valence-corrected chi connectivity index (χ2v) is 7.05. The van der Waals surface area contributed by atoms with Crippen LogP contribution in [0.2, 0.25) is 0 Å². The normalized spacial score (nSPS) is 12.6. The number of rotatable bonds is 7. The van der Waals surface area contributed by atoms with Gasteiger partial charge in [-0.3, -0.25) is 9.48 Å². The Morgan fingerprint density at radius 2 is 2.17 bits per heavy atom. The van der Waals surface area contributed by atoms with Gasteiger partial charge in [0.05, 0.1) is 11.7 Å². The van der Waals surface area contributed by atoms with Crippen molar-refractivity contribution in [1.82, 2.24) is 20.0 Å². The number of likely N-dealkylation sites (N-methyl/N-ethyl adjacent to an activating group) is 1. The van der Waals surface area contributed by atoms with Crippen molar-refractivity contribution in [3.63, 3.8) is 0 Å². The summed E-state index contributed by atoms with van der Waals surface area (Å²) >= 11 is 1.72. The molecule has 1 N–H and O–H groups in total. The van der Waals surface area contributed by atoms with Gasteiger partial charge in [0, 0.05) is 30.6 Å². The lowest BCUT2D eigenvalue weighted by atomic mass is 10.1. The summed E-state index contributed by atoms with van der Waals surface area (Å²) in [6.45, 7) is 4.68. The lowest BCUT2D eigenvalue weighted by Gasteiger charge is -2.23. The van der Waals surface area contributed by atoms with Crippen LogP contribution in [0.4, 0.5) is 0 Å². The highest BCUT2D eigenvalue weighted by molar-refractivity contribution is 7.10. The Bertz CT molecular complexity index is 646. The molecular formula is C17H26N4OS. The lowest BCUT2D eigenvalue weighted by molar-refractivity contribution is -0.121. The predicted octanol–water partition coefficient (Wildman–Crippen LogP) is 2.45. The monoisotopic (exact) mass is 334 g/mol. The van der Waals surface area contributed by atoms with Crippen LogP contribution >= 0.6 is 11.3 Å². The van der Waals surface area contributed by atoms with E-state index in [-0.39, 0.29) is 11.9 Å². The van der Waals surface area contributed by atoms with Crippen molar-refractivity contribution in [2.45, 2.75) is 32.7 Å². The minimum Gasteiger partial charge on any atom is -0.354 e. The molecule has 23 heavy (non-hydrogen) atoms. The Hall–Kier alpha value is -1.66. The smallest absolute Gasteiger partial charge is 0.220 e. The van der Waals surface area contributed by atoms with Crippen molar-refractivity contribution < 1.29 is 4.79 Å². The first kappa shape index (κ1) is 17.7. The molecule has 0 saturated heterocycles. The number of amides is 1. The van der Waals surface area contributed by atoms with Gasteiger partial charge in [-0.1, -0.05) is 6.07 Å². The molecule has 6 heteroatoms. The van der Waals surface area contributed by atoms with Gasteiger partial charge in [-0.2, -0.15) is 5.10 Å². The summed E-state index contributed by atoms with van der Waals surface area (Å²) in [6, 6.07) is 4.39. The molecule has 0 radical (unpaired) electrons. The number of aromatic nitrogens is 2. The van der Waals surface area contributed by atoms with E-state index in [0.717, 1.165) is 17.8 Å². The molecule has 0 aliphatic rings. The first-order valence-corrected chi connectivity index (χ1v) is 8.73. The van der Waals surface area contributed by atoms with Crippen LogP contribution in [0.1, 0.15) is 34.3 Å². The second-order valence-electron chi connectivity index (χ2n) is 6.07. The Kier molecular flexibility index (Phi) is 5.96. The van der Waals surface area contributed by atoms with E-state index >= 15 is 0 Å². The van der Waals surface area contributed by atoms with Crippen LogP contribution in [-0.2, 0) is 18.3 Å². The Morgan fingerprint density at radius 1 is 1.43 bits per heavy atom. The Morgan fingerprint density at radius 3 is 2.70 bits per heavy atom. The fourth-order valence-corrected chi connectivity index (χ4v) is 3.66. The van der Waals surface area contributed by atoms with Crippen molar-refractivity contribution in [2.24, 2.45) is 7.05 Å². The van der Waals surface area contributed by atoms with Gasteiger partial charge >= 0.3 is 0 Å². The molecular weight excluding hydrogens is 308 g/mol. The number of carbonyl (C=O) groups is 1. The van der Waals surface area contributed by atoms with Gasteiger partial charge in [-0.25, -0.2) is 0 Å². The summed E-state index contributed by atoms with van der Waals surface area (Å²) in [4.78, 5) is 15.6. The van der Waals surface area contributed by atoms with Gasteiger partial charge in [0.15, 0.2) is 0 Å². The molecule has 0 unspecified atom stereocenters. The number of hydrogen-bond acceptors (Lipinski definition) is 4. The SMILES string of the molecule is Cc1nn(C)c(C)c1CCC(=O)NC[C@H](c1cccs1)N(C)C. The number of nitrogens with zero attached hydrogens (tertiary/aromatic N) is 3. The van der Waals surface area contributed by atoms with E-state index in [0.29, 0.717) is 13.0 Å². The molecule has 5 nitrogen and oxygen atoms in total. The van der Waals surface area contributed by atoms with Crippen molar-refractivity contribution >= 4 is 17.2 Å². The predicted molar refractivity (Wildman–Crippen MR) is 94.8 cm³/mol. The van der Waals surface area contributed by atoms with Crippen molar-refractivity contribution in [3.8, 4) is 0 Å². The molecule has 0 aliphatic carbocycles. The van der Waals surface area contributed by atoms with E-state index < -0.39 is 0 Å². The van der Waals surface area contributed by atoms with Gasteiger partial charge in [-0.05, 0) is 51.4 Å².